The molecule has 2 atom stereocenters. The van der Waals surface area contributed by atoms with E-state index in [0.717, 1.165) is 31.9 Å². The summed E-state index contributed by atoms with van der Waals surface area (Å²) in [5.74, 6) is 0.430. The molecule has 124 valence electrons. The second kappa shape index (κ2) is 7.54. The van der Waals surface area contributed by atoms with Gasteiger partial charge in [-0.3, -0.25) is 4.90 Å². The molecule has 1 fully saturated rings. The van der Waals surface area contributed by atoms with Crippen LogP contribution in [0.15, 0.2) is 48.5 Å². The Morgan fingerprint density at radius 2 is 1.78 bits per heavy atom. The maximum Gasteiger partial charge on any atom is 0.0496 e. The van der Waals surface area contributed by atoms with E-state index < -0.39 is 0 Å². The van der Waals surface area contributed by atoms with Gasteiger partial charge in [0.15, 0.2) is 0 Å². The van der Waals surface area contributed by atoms with E-state index in [9.17, 15) is 0 Å². The number of halogens is 2. The van der Waals surface area contributed by atoms with Gasteiger partial charge >= 0.3 is 0 Å². The normalized spacial score (nSPS) is 23.0. The molecule has 0 spiro atoms. The fourth-order valence-electron chi connectivity index (χ4n) is 3.84. The Morgan fingerprint density at radius 1 is 1.00 bits per heavy atom. The fraction of sp³-hybridized carbons (Fsp3) is 0.333. The average molecular weight is 352 g/mol. The molecule has 2 aromatic rings. The number of anilines is 1. The number of fused-ring (bicyclic) bond motifs is 3. The third-order valence-corrected chi connectivity index (χ3v) is 4.86. The van der Waals surface area contributed by atoms with Crippen molar-refractivity contribution in [3.8, 4) is 0 Å². The van der Waals surface area contributed by atoms with Crippen LogP contribution in [0.25, 0.3) is 0 Å². The number of benzene rings is 2. The Labute approximate surface area is 150 Å². The van der Waals surface area contributed by atoms with E-state index >= 15 is 0 Å². The minimum Gasteiger partial charge on any atom is -0.398 e. The lowest BCUT2D eigenvalue weighted by atomic mass is 9.80. The van der Waals surface area contributed by atoms with Crippen molar-refractivity contribution in [2.45, 2.75) is 12.0 Å². The van der Waals surface area contributed by atoms with Crippen molar-refractivity contribution in [1.29, 1.82) is 0 Å². The molecule has 2 aliphatic heterocycles. The summed E-state index contributed by atoms with van der Waals surface area (Å²) in [6.07, 6.45) is 0. The van der Waals surface area contributed by atoms with E-state index in [1.807, 2.05) is 6.07 Å². The molecule has 0 bridgehead atoms. The van der Waals surface area contributed by atoms with Crippen LogP contribution in [0.5, 0.6) is 0 Å². The lowest BCUT2D eigenvalue weighted by Crippen LogP contribution is -2.50. The standard InChI is InChI=1S/C18H21N3.2ClH/c19-16-8-4-7-14-15(13-5-2-1-3-6-13)12-21-10-9-20-11-17(21)18(14)16;;/h1-8,15,17,20H,9-12,19H2;2*1H/t15-,17-;;/m1../s1. The molecule has 2 aromatic carbocycles. The van der Waals surface area contributed by atoms with Gasteiger partial charge in [-0.25, -0.2) is 0 Å². The maximum atomic E-state index is 6.33. The van der Waals surface area contributed by atoms with Gasteiger partial charge in [0.2, 0.25) is 0 Å². The summed E-state index contributed by atoms with van der Waals surface area (Å²) in [7, 11) is 0. The monoisotopic (exact) mass is 351 g/mol. The second-order valence-electron chi connectivity index (χ2n) is 6.03. The van der Waals surface area contributed by atoms with Crippen molar-refractivity contribution < 1.29 is 0 Å². The maximum absolute atomic E-state index is 6.33. The largest absolute Gasteiger partial charge is 0.398 e. The first kappa shape index (κ1) is 18.1. The summed E-state index contributed by atoms with van der Waals surface area (Å²) in [6, 6.07) is 17.6. The predicted octanol–water partition coefficient (Wildman–Crippen LogP) is 3.20. The number of nitrogens with one attached hydrogen (secondary N) is 1. The second-order valence-corrected chi connectivity index (χ2v) is 6.03. The summed E-state index contributed by atoms with van der Waals surface area (Å²) < 4.78 is 0. The molecular weight excluding hydrogens is 329 g/mol. The molecule has 0 amide bonds. The highest BCUT2D eigenvalue weighted by molar-refractivity contribution is 5.85. The highest BCUT2D eigenvalue weighted by Gasteiger charge is 2.36. The molecule has 4 rings (SSSR count). The number of piperazine rings is 1. The van der Waals surface area contributed by atoms with Crippen LogP contribution >= 0.6 is 24.8 Å². The van der Waals surface area contributed by atoms with Crippen LogP contribution in [0.3, 0.4) is 0 Å². The van der Waals surface area contributed by atoms with Crippen LogP contribution in [0.1, 0.15) is 28.7 Å². The average Bonchev–Trinajstić information content (AvgIpc) is 2.55. The topological polar surface area (TPSA) is 41.3 Å². The zero-order valence-corrected chi connectivity index (χ0v) is 14.6. The zero-order valence-electron chi connectivity index (χ0n) is 12.9. The van der Waals surface area contributed by atoms with Crippen LogP contribution in [0.2, 0.25) is 0 Å². The van der Waals surface area contributed by atoms with Crippen molar-refractivity contribution in [1.82, 2.24) is 10.2 Å². The van der Waals surface area contributed by atoms with Gasteiger partial charge in [0.05, 0.1) is 0 Å². The van der Waals surface area contributed by atoms with Crippen molar-refractivity contribution in [2.24, 2.45) is 0 Å². The third-order valence-electron chi connectivity index (χ3n) is 4.86. The molecule has 3 nitrogen and oxygen atoms in total. The number of nitrogens with zero attached hydrogens (tertiary/aromatic N) is 1. The third kappa shape index (κ3) is 3.20. The summed E-state index contributed by atoms with van der Waals surface area (Å²) in [5, 5.41) is 3.51. The predicted molar refractivity (Wildman–Crippen MR) is 101 cm³/mol. The Balaban J connectivity index is 0.000000960. The number of hydrogen-bond acceptors (Lipinski definition) is 3. The van der Waals surface area contributed by atoms with Crippen LogP contribution in [0.4, 0.5) is 5.69 Å². The number of nitrogens with two attached hydrogens (primary N) is 1. The first-order chi connectivity index (χ1) is 10.3. The van der Waals surface area contributed by atoms with Gasteiger partial charge in [-0.05, 0) is 22.8 Å². The van der Waals surface area contributed by atoms with Crippen LogP contribution in [0, 0.1) is 0 Å². The molecule has 0 aliphatic carbocycles. The summed E-state index contributed by atoms with van der Waals surface area (Å²) in [4.78, 5) is 2.59. The van der Waals surface area contributed by atoms with Gasteiger partial charge in [0.25, 0.3) is 0 Å². The molecule has 1 saturated heterocycles. The van der Waals surface area contributed by atoms with E-state index in [1.165, 1.54) is 16.7 Å². The molecule has 2 heterocycles. The quantitative estimate of drug-likeness (QED) is 0.775. The van der Waals surface area contributed by atoms with Gasteiger partial charge in [-0.2, -0.15) is 0 Å². The highest BCUT2D eigenvalue weighted by Crippen LogP contribution is 2.42. The minimum atomic E-state index is 0. The summed E-state index contributed by atoms with van der Waals surface area (Å²) in [5.41, 5.74) is 11.4. The SMILES string of the molecule is Cl.Cl.Nc1cccc2c1[C@H]1CNCCN1C[C@@H]2c1ccccc1. The van der Waals surface area contributed by atoms with E-state index in [0.29, 0.717) is 12.0 Å². The van der Waals surface area contributed by atoms with Crippen LogP contribution < -0.4 is 11.1 Å². The number of hydrogen-bond donors (Lipinski definition) is 2. The Morgan fingerprint density at radius 3 is 2.57 bits per heavy atom. The van der Waals surface area contributed by atoms with Gasteiger partial charge in [-0.15, -0.1) is 24.8 Å². The van der Waals surface area contributed by atoms with Crippen molar-refractivity contribution >= 4 is 30.5 Å². The lowest BCUT2D eigenvalue weighted by Gasteiger charge is -2.44. The van der Waals surface area contributed by atoms with E-state index in [2.05, 4.69) is 52.7 Å². The van der Waals surface area contributed by atoms with E-state index in [1.54, 1.807) is 0 Å². The van der Waals surface area contributed by atoms with Gasteiger partial charge < -0.3 is 11.1 Å². The molecule has 0 radical (unpaired) electrons. The first-order valence-corrected chi connectivity index (χ1v) is 7.72. The van der Waals surface area contributed by atoms with Crippen molar-refractivity contribution in [3.63, 3.8) is 0 Å². The Bertz CT molecular complexity index is 648. The molecule has 5 heteroatoms. The molecule has 3 N–H and O–H groups in total. The van der Waals surface area contributed by atoms with Gasteiger partial charge in [0, 0.05) is 43.8 Å². The smallest absolute Gasteiger partial charge is 0.0496 e. The first-order valence-electron chi connectivity index (χ1n) is 7.72. The molecular formula is C18H23Cl2N3. The van der Waals surface area contributed by atoms with Crippen molar-refractivity contribution in [3.05, 3.63) is 65.2 Å². The molecule has 0 aromatic heterocycles. The highest BCUT2D eigenvalue weighted by atomic mass is 35.5. The van der Waals surface area contributed by atoms with Gasteiger partial charge in [0.1, 0.15) is 0 Å². The summed E-state index contributed by atoms with van der Waals surface area (Å²) >= 11 is 0. The molecule has 23 heavy (non-hydrogen) atoms. The Kier molecular flexibility index (Phi) is 5.93. The zero-order chi connectivity index (χ0) is 14.2. The Hall–Kier alpha value is -1.26. The van der Waals surface area contributed by atoms with Crippen LogP contribution in [-0.2, 0) is 0 Å². The van der Waals surface area contributed by atoms with Crippen molar-refractivity contribution in [2.75, 3.05) is 31.9 Å². The lowest BCUT2D eigenvalue weighted by molar-refractivity contribution is 0.144. The fourth-order valence-corrected chi connectivity index (χ4v) is 3.84. The summed E-state index contributed by atoms with van der Waals surface area (Å²) in [6.45, 7) is 4.26. The molecule has 0 unspecified atom stereocenters. The van der Waals surface area contributed by atoms with Crippen LogP contribution in [-0.4, -0.2) is 31.1 Å². The van der Waals surface area contributed by atoms with E-state index in [-0.39, 0.29) is 24.8 Å². The molecule has 2 aliphatic rings. The number of rotatable bonds is 1. The van der Waals surface area contributed by atoms with Gasteiger partial charge in [-0.1, -0.05) is 42.5 Å². The van der Waals surface area contributed by atoms with E-state index in [4.69, 9.17) is 5.73 Å². The number of nitrogen functional groups attached to an aromatic ring is 1. The minimum absolute atomic E-state index is 0. The molecule has 0 saturated carbocycles.